The lowest BCUT2D eigenvalue weighted by molar-refractivity contribution is -0.123. The lowest BCUT2D eigenvalue weighted by atomic mass is 10.0. The zero-order valence-electron chi connectivity index (χ0n) is 16.4. The van der Waals surface area contributed by atoms with Crippen molar-refractivity contribution in [1.29, 1.82) is 0 Å². The van der Waals surface area contributed by atoms with Crippen molar-refractivity contribution in [2.45, 2.75) is 39.2 Å². The van der Waals surface area contributed by atoms with Crippen LogP contribution in [0.2, 0.25) is 0 Å². The fourth-order valence-corrected chi connectivity index (χ4v) is 3.62. The quantitative estimate of drug-likeness (QED) is 0.647. The Morgan fingerprint density at radius 2 is 1.76 bits per heavy atom. The number of carbonyl (C=O) groups is 2. The van der Waals surface area contributed by atoms with Gasteiger partial charge < -0.3 is 0 Å². The standard InChI is InChI=1S/C22H23N5O2/c1-16-11-21-26(9-2-10-27(21)25-16)22(29)8-7-20(28)12-17-3-5-18(6-4-17)19-13-23-15-24-14-19/h3-6,11,13-15H,2,7-10,12H2,1H3. The number of anilines is 1. The molecule has 0 bridgehead atoms. The van der Waals surface area contributed by atoms with Gasteiger partial charge in [-0.1, -0.05) is 24.3 Å². The maximum atomic E-state index is 12.6. The van der Waals surface area contributed by atoms with Gasteiger partial charge in [-0.05, 0) is 24.5 Å². The molecule has 1 aromatic carbocycles. The number of amides is 1. The van der Waals surface area contributed by atoms with Crippen LogP contribution in [0.25, 0.3) is 11.1 Å². The minimum atomic E-state index is -0.0152. The van der Waals surface area contributed by atoms with Gasteiger partial charge in [-0.2, -0.15) is 5.10 Å². The van der Waals surface area contributed by atoms with E-state index in [1.807, 2.05) is 41.9 Å². The molecule has 0 N–H and O–H groups in total. The number of Topliss-reactive ketones (excluding diaryl/α,β-unsaturated/α-hetero) is 1. The van der Waals surface area contributed by atoms with Gasteiger partial charge in [-0.25, -0.2) is 14.6 Å². The van der Waals surface area contributed by atoms with Crippen molar-refractivity contribution in [2.75, 3.05) is 11.4 Å². The van der Waals surface area contributed by atoms with E-state index in [0.717, 1.165) is 41.2 Å². The Kier molecular flexibility index (Phi) is 5.46. The summed E-state index contributed by atoms with van der Waals surface area (Å²) in [5.41, 5.74) is 3.79. The number of nitrogens with zero attached hydrogens (tertiary/aromatic N) is 5. The number of aryl methyl sites for hydroxylation is 2. The third-order valence-electron chi connectivity index (χ3n) is 5.08. The van der Waals surface area contributed by atoms with Crippen LogP contribution in [0.15, 0.2) is 49.1 Å². The molecule has 0 saturated heterocycles. The first-order chi connectivity index (χ1) is 14.1. The van der Waals surface area contributed by atoms with Crippen molar-refractivity contribution in [3.63, 3.8) is 0 Å². The number of hydrogen-bond donors (Lipinski definition) is 0. The number of rotatable bonds is 6. The molecule has 29 heavy (non-hydrogen) atoms. The number of aromatic nitrogens is 4. The largest absolute Gasteiger partial charge is 0.299 e. The number of fused-ring (bicyclic) bond motifs is 1. The molecule has 7 nitrogen and oxygen atoms in total. The highest BCUT2D eigenvalue weighted by Crippen LogP contribution is 2.23. The fourth-order valence-electron chi connectivity index (χ4n) is 3.62. The Morgan fingerprint density at radius 1 is 1.00 bits per heavy atom. The molecule has 0 saturated carbocycles. The van der Waals surface area contributed by atoms with Crippen LogP contribution >= 0.6 is 0 Å². The van der Waals surface area contributed by atoms with E-state index in [0.29, 0.717) is 13.0 Å². The highest BCUT2D eigenvalue weighted by molar-refractivity contribution is 5.95. The predicted octanol–water partition coefficient (Wildman–Crippen LogP) is 2.98. The molecule has 3 heterocycles. The Labute approximate surface area is 169 Å². The highest BCUT2D eigenvalue weighted by Gasteiger charge is 2.24. The molecule has 0 radical (unpaired) electrons. The number of hydrogen-bond acceptors (Lipinski definition) is 5. The Morgan fingerprint density at radius 3 is 2.52 bits per heavy atom. The van der Waals surface area contributed by atoms with Gasteiger partial charge in [-0.3, -0.25) is 14.5 Å². The monoisotopic (exact) mass is 389 g/mol. The van der Waals surface area contributed by atoms with Crippen molar-refractivity contribution in [2.24, 2.45) is 0 Å². The zero-order valence-corrected chi connectivity index (χ0v) is 16.4. The van der Waals surface area contributed by atoms with Crippen molar-refractivity contribution in [3.8, 4) is 11.1 Å². The summed E-state index contributed by atoms with van der Waals surface area (Å²) in [5.74, 6) is 0.890. The summed E-state index contributed by atoms with van der Waals surface area (Å²) in [6.45, 7) is 3.44. The van der Waals surface area contributed by atoms with Gasteiger partial charge in [-0.15, -0.1) is 0 Å². The number of carbonyl (C=O) groups excluding carboxylic acids is 2. The van der Waals surface area contributed by atoms with E-state index in [9.17, 15) is 9.59 Å². The van der Waals surface area contributed by atoms with Gasteiger partial charge in [0.15, 0.2) is 0 Å². The lowest BCUT2D eigenvalue weighted by Gasteiger charge is -2.27. The normalized spacial score (nSPS) is 13.2. The topological polar surface area (TPSA) is 81.0 Å². The van der Waals surface area contributed by atoms with E-state index in [1.54, 1.807) is 17.3 Å². The van der Waals surface area contributed by atoms with Crippen LogP contribution in [0.1, 0.15) is 30.5 Å². The maximum Gasteiger partial charge on any atom is 0.228 e. The molecule has 7 heteroatoms. The molecule has 0 unspecified atom stereocenters. The summed E-state index contributed by atoms with van der Waals surface area (Å²) in [6.07, 6.45) is 6.69. The van der Waals surface area contributed by atoms with Crippen LogP contribution < -0.4 is 4.90 Å². The van der Waals surface area contributed by atoms with Crippen LogP contribution in [0.5, 0.6) is 0 Å². The average Bonchev–Trinajstić information content (AvgIpc) is 3.13. The molecule has 148 valence electrons. The second-order valence-electron chi connectivity index (χ2n) is 7.31. The highest BCUT2D eigenvalue weighted by atomic mass is 16.2. The van der Waals surface area contributed by atoms with Crippen LogP contribution in [-0.2, 0) is 22.6 Å². The Hall–Kier alpha value is -3.35. The van der Waals surface area contributed by atoms with Crippen LogP contribution in [0.4, 0.5) is 5.82 Å². The second kappa shape index (κ2) is 8.34. The van der Waals surface area contributed by atoms with Gasteiger partial charge in [0, 0.05) is 56.4 Å². The summed E-state index contributed by atoms with van der Waals surface area (Å²) in [4.78, 5) is 34.8. The van der Waals surface area contributed by atoms with E-state index in [4.69, 9.17) is 0 Å². The second-order valence-corrected chi connectivity index (χ2v) is 7.31. The van der Waals surface area contributed by atoms with E-state index < -0.39 is 0 Å². The van der Waals surface area contributed by atoms with E-state index >= 15 is 0 Å². The van der Waals surface area contributed by atoms with Crippen LogP contribution in [-0.4, -0.2) is 38.0 Å². The Bertz CT molecular complexity index is 1010. The first-order valence-electron chi connectivity index (χ1n) is 9.81. The zero-order chi connectivity index (χ0) is 20.2. The SMILES string of the molecule is Cc1cc2n(n1)CCCN2C(=O)CCC(=O)Cc1ccc(-c2cncnc2)cc1. The Balaban J connectivity index is 1.32. The predicted molar refractivity (Wildman–Crippen MR) is 109 cm³/mol. The van der Waals surface area contributed by atoms with Crippen molar-refractivity contribution in [1.82, 2.24) is 19.7 Å². The van der Waals surface area contributed by atoms with Gasteiger partial charge in [0.05, 0.1) is 5.69 Å². The molecule has 2 aromatic heterocycles. The van der Waals surface area contributed by atoms with Crippen molar-refractivity contribution >= 4 is 17.5 Å². The summed E-state index contributed by atoms with van der Waals surface area (Å²) in [5, 5.41) is 4.41. The smallest absolute Gasteiger partial charge is 0.228 e. The van der Waals surface area contributed by atoms with Gasteiger partial charge in [0.1, 0.15) is 17.9 Å². The van der Waals surface area contributed by atoms with Gasteiger partial charge in [0.25, 0.3) is 0 Å². The molecule has 1 aliphatic heterocycles. The lowest BCUT2D eigenvalue weighted by Crippen LogP contribution is -2.37. The summed E-state index contributed by atoms with van der Waals surface area (Å²) >= 11 is 0. The fraction of sp³-hybridized carbons (Fsp3) is 0.318. The molecule has 0 aliphatic carbocycles. The van der Waals surface area contributed by atoms with Crippen LogP contribution in [0.3, 0.4) is 0 Å². The van der Waals surface area contributed by atoms with Gasteiger partial charge >= 0.3 is 0 Å². The first-order valence-corrected chi connectivity index (χ1v) is 9.81. The minimum Gasteiger partial charge on any atom is -0.299 e. The molecule has 1 aliphatic rings. The summed E-state index contributed by atoms with van der Waals surface area (Å²) < 4.78 is 1.87. The molecule has 0 atom stereocenters. The molecule has 0 fully saturated rings. The third kappa shape index (κ3) is 4.39. The maximum absolute atomic E-state index is 12.6. The molecule has 1 amide bonds. The van der Waals surface area contributed by atoms with Crippen molar-refractivity contribution in [3.05, 3.63) is 60.3 Å². The summed E-state index contributed by atoms with van der Waals surface area (Å²) in [6, 6.07) is 9.73. The molecule has 3 aromatic rings. The van der Waals surface area contributed by atoms with E-state index in [-0.39, 0.29) is 24.5 Å². The van der Waals surface area contributed by atoms with Gasteiger partial charge in [0.2, 0.25) is 5.91 Å². The molecular weight excluding hydrogens is 366 g/mol. The molecular formula is C22H23N5O2. The number of ketones is 1. The third-order valence-corrected chi connectivity index (χ3v) is 5.08. The van der Waals surface area contributed by atoms with E-state index in [1.165, 1.54) is 6.33 Å². The van der Waals surface area contributed by atoms with Crippen molar-refractivity contribution < 1.29 is 9.59 Å². The number of benzene rings is 1. The average molecular weight is 389 g/mol. The molecule has 0 spiro atoms. The summed E-state index contributed by atoms with van der Waals surface area (Å²) in [7, 11) is 0. The molecule has 4 rings (SSSR count). The first kappa shape index (κ1) is 19.0. The van der Waals surface area contributed by atoms with E-state index in [2.05, 4.69) is 15.1 Å². The van der Waals surface area contributed by atoms with Crippen LogP contribution in [0, 0.1) is 6.92 Å². The minimum absolute atomic E-state index is 0.0152.